The van der Waals surface area contributed by atoms with Crippen LogP contribution in [-0.2, 0) is 19.9 Å². The third-order valence-corrected chi connectivity index (χ3v) is 3.25. The number of morpholine rings is 1. The fourth-order valence-electron chi connectivity index (χ4n) is 1.96. The Labute approximate surface area is 138 Å². The first-order valence-electron chi connectivity index (χ1n) is 6.96. The molecule has 1 saturated heterocycles. The average molecular weight is 364 g/mol. The molecule has 2 heterocycles. The molecule has 0 bridgehead atoms. The number of aromatic nitrogens is 2. The summed E-state index contributed by atoms with van der Waals surface area (Å²) in [5, 5.41) is 2.21. The van der Waals surface area contributed by atoms with Gasteiger partial charge in [-0.1, -0.05) is 4.98 Å². The van der Waals surface area contributed by atoms with E-state index in [1.807, 2.05) is 4.90 Å². The molecule has 0 aliphatic carbocycles. The van der Waals surface area contributed by atoms with E-state index in [9.17, 15) is 13.2 Å². The minimum atomic E-state index is -4.89. The molecule has 4 N–H and O–H groups in total. The molecule has 0 aromatic carbocycles. The lowest BCUT2D eigenvalue weighted by atomic mass is 10.4. The Hall–Kier alpha value is -2.38. The first-order valence-corrected chi connectivity index (χ1v) is 8.33. The molecule has 0 saturated carbocycles. The van der Waals surface area contributed by atoms with Gasteiger partial charge in [0.1, 0.15) is 0 Å². The van der Waals surface area contributed by atoms with E-state index < -0.39 is 16.5 Å². The van der Waals surface area contributed by atoms with Gasteiger partial charge in [-0.15, -0.1) is 0 Å². The van der Waals surface area contributed by atoms with Crippen molar-refractivity contribution in [1.29, 1.82) is 0 Å². The number of nitrogens with two attached hydrogens (primary N) is 1. The highest BCUT2D eigenvalue weighted by Crippen LogP contribution is 2.16. The van der Waals surface area contributed by atoms with Crippen LogP contribution in [0.15, 0.2) is 6.07 Å². The van der Waals surface area contributed by atoms with Crippen LogP contribution in [0.1, 0.15) is 6.92 Å². The molecule has 0 unspecified atom stereocenters. The number of nitrogens with one attached hydrogen (secondary N) is 1. The first kappa shape index (κ1) is 18.0. The van der Waals surface area contributed by atoms with Gasteiger partial charge in [0.05, 0.1) is 25.9 Å². The molecular weight excluding hydrogens is 346 g/mol. The topological polar surface area (TPSA) is 157 Å². The van der Waals surface area contributed by atoms with Crippen molar-refractivity contribution in [3.05, 3.63) is 6.07 Å². The second kappa shape index (κ2) is 7.46. The summed E-state index contributed by atoms with van der Waals surface area (Å²) in [6.07, 6.45) is -0.892. The van der Waals surface area contributed by atoms with Gasteiger partial charge in [-0.05, 0) is 11.7 Å². The zero-order valence-electron chi connectivity index (χ0n) is 12.8. The number of carbonyl (C=O) groups is 1. The predicted octanol–water partition coefficient (Wildman–Crippen LogP) is -1.41. The van der Waals surface area contributed by atoms with Crippen molar-refractivity contribution in [2.24, 2.45) is 0 Å². The zero-order chi connectivity index (χ0) is 17.7. The van der Waals surface area contributed by atoms with Gasteiger partial charge in [0.15, 0.2) is 5.82 Å². The molecule has 0 spiro atoms. The summed E-state index contributed by atoms with van der Waals surface area (Å²) in [6, 6.07) is 1.34. The van der Waals surface area contributed by atoms with E-state index in [0.717, 1.165) is 0 Å². The van der Waals surface area contributed by atoms with Gasteiger partial charge in [-0.3, -0.25) is 4.55 Å². The number of hydrogen-bond acceptors (Lipinski definition) is 9. The van der Waals surface area contributed by atoms with Crippen molar-refractivity contribution in [1.82, 2.24) is 4.98 Å². The lowest BCUT2D eigenvalue weighted by Crippen LogP contribution is -2.51. The number of ether oxygens (including phenoxy) is 2. The van der Waals surface area contributed by atoms with Crippen LogP contribution in [0, 0.1) is 0 Å². The number of nitrogens with zero attached hydrogens (tertiary/aromatic N) is 3. The van der Waals surface area contributed by atoms with Crippen molar-refractivity contribution < 1.29 is 36.3 Å². The van der Waals surface area contributed by atoms with Crippen LogP contribution in [0.4, 0.5) is 22.4 Å². The number of carbonyl (C=O) groups excluding carboxylic acids is 1. The Bertz CT molecular complexity index is 705. The molecule has 13 heteroatoms. The summed E-state index contributed by atoms with van der Waals surface area (Å²) in [7, 11) is -4.89. The van der Waals surface area contributed by atoms with E-state index in [-0.39, 0.29) is 18.4 Å². The number of amides is 1. The minimum Gasteiger partial charge on any atom is -0.441 e. The minimum absolute atomic E-state index is 0.0869. The van der Waals surface area contributed by atoms with Crippen molar-refractivity contribution >= 4 is 34.1 Å². The third kappa shape index (κ3) is 4.81. The lowest BCUT2D eigenvalue weighted by Gasteiger charge is -2.26. The van der Waals surface area contributed by atoms with Crippen LogP contribution >= 0.6 is 0 Å². The van der Waals surface area contributed by atoms with E-state index in [1.165, 1.54) is 6.07 Å². The summed E-state index contributed by atoms with van der Waals surface area (Å²) in [5.41, 5.74) is 5.76. The highest BCUT2D eigenvalue weighted by Gasteiger charge is 2.27. The summed E-state index contributed by atoms with van der Waals surface area (Å²) in [6.45, 7) is 3.72. The summed E-state index contributed by atoms with van der Waals surface area (Å²) in [4.78, 5) is 17.5. The molecule has 134 valence electrons. The molecule has 1 fully saturated rings. The van der Waals surface area contributed by atoms with Crippen molar-refractivity contribution in [3.8, 4) is 0 Å². The molecule has 2 rings (SSSR count). The second-order valence-corrected chi connectivity index (χ2v) is 5.61. The van der Waals surface area contributed by atoms with Crippen LogP contribution in [-0.4, -0.2) is 57.0 Å². The van der Waals surface area contributed by atoms with Crippen LogP contribution in [0.5, 0.6) is 0 Å². The van der Waals surface area contributed by atoms with Gasteiger partial charge in [0.2, 0.25) is 5.82 Å². The maximum absolute atomic E-state index is 11.6. The molecule has 1 aromatic heterocycles. The SMILES string of the molecule is CCOC(=O)Nc1nc(N2CCOCC2)cc(N)[n+]1OS(=O)(=O)O. The van der Waals surface area contributed by atoms with Crippen LogP contribution < -0.4 is 25.0 Å². The highest BCUT2D eigenvalue weighted by atomic mass is 32.3. The Morgan fingerprint density at radius 3 is 2.79 bits per heavy atom. The molecule has 0 radical (unpaired) electrons. The average Bonchev–Trinajstić information content (AvgIpc) is 2.50. The van der Waals surface area contributed by atoms with Gasteiger partial charge >= 0.3 is 22.4 Å². The lowest BCUT2D eigenvalue weighted by molar-refractivity contribution is -0.835. The van der Waals surface area contributed by atoms with E-state index >= 15 is 0 Å². The summed E-state index contributed by atoms with van der Waals surface area (Å²) in [5.74, 6) is -0.207. The number of rotatable bonds is 5. The normalized spacial score (nSPS) is 15.0. The van der Waals surface area contributed by atoms with E-state index in [1.54, 1.807) is 6.92 Å². The molecule has 1 amide bonds. The highest BCUT2D eigenvalue weighted by molar-refractivity contribution is 7.80. The van der Waals surface area contributed by atoms with Crippen LogP contribution in [0.3, 0.4) is 0 Å². The number of anilines is 3. The van der Waals surface area contributed by atoms with Gasteiger partial charge in [-0.2, -0.15) is 13.7 Å². The second-order valence-electron chi connectivity index (χ2n) is 4.60. The van der Waals surface area contributed by atoms with Crippen LogP contribution in [0.2, 0.25) is 0 Å². The molecular formula is C11H18N5O7S+. The van der Waals surface area contributed by atoms with Gasteiger partial charge in [0.25, 0.3) is 0 Å². The molecule has 1 aliphatic rings. The third-order valence-electron chi connectivity index (χ3n) is 2.92. The Balaban J connectivity index is 2.39. The van der Waals surface area contributed by atoms with E-state index in [0.29, 0.717) is 36.9 Å². The molecule has 1 aromatic rings. The van der Waals surface area contributed by atoms with Crippen molar-refractivity contribution in [2.75, 3.05) is 48.9 Å². The van der Waals surface area contributed by atoms with Gasteiger partial charge in [-0.25, -0.2) is 9.08 Å². The summed E-state index contributed by atoms with van der Waals surface area (Å²) < 4.78 is 45.5. The Kier molecular flexibility index (Phi) is 5.58. The monoisotopic (exact) mass is 364 g/mol. The fourth-order valence-corrected chi connectivity index (χ4v) is 2.31. The van der Waals surface area contributed by atoms with Crippen molar-refractivity contribution in [3.63, 3.8) is 0 Å². The predicted molar refractivity (Wildman–Crippen MR) is 80.6 cm³/mol. The first-order chi connectivity index (χ1) is 11.3. The maximum Gasteiger partial charge on any atom is 0.474 e. The van der Waals surface area contributed by atoms with Gasteiger partial charge < -0.3 is 20.1 Å². The molecule has 12 nitrogen and oxygen atoms in total. The standard InChI is InChI=1S/C11H17N5O7S/c1-2-22-11(17)14-10-13-9(15-3-5-21-6-4-15)7-8(12)16(10)23-24(18,19)20/h7H,2-6H2,1H3,(H3,12,13,14,17,18,19,20)/p+1. The zero-order valence-corrected chi connectivity index (χ0v) is 13.7. The molecule has 24 heavy (non-hydrogen) atoms. The van der Waals surface area contributed by atoms with Crippen molar-refractivity contribution in [2.45, 2.75) is 6.92 Å². The fraction of sp³-hybridized carbons (Fsp3) is 0.545. The van der Waals surface area contributed by atoms with Gasteiger partial charge in [0, 0.05) is 13.1 Å². The number of hydrogen-bond donors (Lipinski definition) is 3. The van der Waals surface area contributed by atoms with Crippen LogP contribution in [0.25, 0.3) is 0 Å². The smallest absolute Gasteiger partial charge is 0.441 e. The van der Waals surface area contributed by atoms with E-state index in [2.05, 4.69) is 14.6 Å². The molecule has 1 aliphatic heterocycles. The molecule has 0 atom stereocenters. The maximum atomic E-state index is 11.6. The Morgan fingerprint density at radius 2 is 2.21 bits per heavy atom. The number of nitrogen functional groups attached to an aromatic ring is 1. The summed E-state index contributed by atoms with van der Waals surface area (Å²) >= 11 is 0. The largest absolute Gasteiger partial charge is 0.474 e. The quantitative estimate of drug-likeness (QED) is 0.418. The Morgan fingerprint density at radius 1 is 1.54 bits per heavy atom. The van der Waals surface area contributed by atoms with E-state index in [4.69, 9.17) is 19.8 Å².